The number of piperidine rings is 1. The maximum Gasteiger partial charge on any atom is 0.305 e. The first-order valence-electron chi connectivity index (χ1n) is 7.15. The van der Waals surface area contributed by atoms with Gasteiger partial charge in [0.1, 0.15) is 0 Å². The number of carboxylic acid groups (broad SMARTS) is 1. The summed E-state index contributed by atoms with van der Waals surface area (Å²) in [5, 5.41) is 9.19. The molecule has 1 heterocycles. The quantitative estimate of drug-likeness (QED) is 0.898. The number of ether oxygens (including phenoxy) is 1. The van der Waals surface area contributed by atoms with Crippen molar-refractivity contribution in [3.63, 3.8) is 0 Å². The van der Waals surface area contributed by atoms with Gasteiger partial charge in [-0.3, -0.25) is 9.69 Å². The Kier molecular flexibility index (Phi) is 5.15. The van der Waals surface area contributed by atoms with E-state index in [1.807, 2.05) is 30.3 Å². The third-order valence-electron chi connectivity index (χ3n) is 4.22. The summed E-state index contributed by atoms with van der Waals surface area (Å²) in [5.41, 5.74) is 1.07. The van der Waals surface area contributed by atoms with Gasteiger partial charge in [-0.1, -0.05) is 37.3 Å². The lowest BCUT2D eigenvalue weighted by molar-refractivity contribution is -0.139. The molecule has 0 amide bonds. The molecule has 0 saturated carbocycles. The van der Waals surface area contributed by atoms with Gasteiger partial charge in [-0.2, -0.15) is 0 Å². The van der Waals surface area contributed by atoms with Gasteiger partial charge in [-0.25, -0.2) is 0 Å². The SMILES string of the molecule is COC1CN(C(CC(=O)O)c2ccccc2)CCC1C. The molecule has 1 aromatic carbocycles. The lowest BCUT2D eigenvalue weighted by atomic mass is 9.92. The lowest BCUT2D eigenvalue weighted by Crippen LogP contribution is -2.45. The van der Waals surface area contributed by atoms with E-state index in [0.717, 1.165) is 25.1 Å². The Morgan fingerprint density at radius 1 is 1.45 bits per heavy atom. The lowest BCUT2D eigenvalue weighted by Gasteiger charge is -2.40. The van der Waals surface area contributed by atoms with Crippen LogP contribution in [0.3, 0.4) is 0 Å². The van der Waals surface area contributed by atoms with Crippen LogP contribution in [0.15, 0.2) is 30.3 Å². The minimum absolute atomic E-state index is 0.0705. The van der Waals surface area contributed by atoms with Gasteiger partial charge in [0.15, 0.2) is 0 Å². The van der Waals surface area contributed by atoms with Crippen LogP contribution in [0.25, 0.3) is 0 Å². The number of nitrogens with zero attached hydrogens (tertiary/aromatic N) is 1. The number of carboxylic acids is 1. The minimum Gasteiger partial charge on any atom is -0.481 e. The Labute approximate surface area is 120 Å². The number of aliphatic carboxylic acids is 1. The maximum absolute atomic E-state index is 11.2. The fraction of sp³-hybridized carbons (Fsp3) is 0.562. The highest BCUT2D eigenvalue weighted by Crippen LogP contribution is 2.30. The van der Waals surface area contributed by atoms with Crippen molar-refractivity contribution in [1.29, 1.82) is 0 Å². The molecule has 1 aromatic rings. The van der Waals surface area contributed by atoms with Gasteiger partial charge in [0, 0.05) is 19.7 Å². The summed E-state index contributed by atoms with van der Waals surface area (Å²) in [6.45, 7) is 3.92. The van der Waals surface area contributed by atoms with Gasteiger partial charge in [0.25, 0.3) is 0 Å². The fourth-order valence-corrected chi connectivity index (χ4v) is 2.95. The molecule has 2 rings (SSSR count). The summed E-state index contributed by atoms with van der Waals surface area (Å²) >= 11 is 0. The second-order valence-electron chi connectivity index (χ2n) is 5.56. The molecule has 1 fully saturated rings. The predicted octanol–water partition coefficient (Wildman–Crippen LogP) is 2.56. The maximum atomic E-state index is 11.2. The Morgan fingerprint density at radius 3 is 2.75 bits per heavy atom. The van der Waals surface area contributed by atoms with Crippen molar-refractivity contribution in [2.75, 3.05) is 20.2 Å². The van der Waals surface area contributed by atoms with Crippen molar-refractivity contribution in [3.8, 4) is 0 Å². The topological polar surface area (TPSA) is 49.8 Å². The van der Waals surface area contributed by atoms with E-state index < -0.39 is 5.97 Å². The van der Waals surface area contributed by atoms with E-state index in [-0.39, 0.29) is 18.6 Å². The molecule has 110 valence electrons. The van der Waals surface area contributed by atoms with Crippen molar-refractivity contribution in [1.82, 2.24) is 4.90 Å². The fourth-order valence-electron chi connectivity index (χ4n) is 2.95. The van der Waals surface area contributed by atoms with Gasteiger partial charge in [-0.05, 0) is 24.4 Å². The smallest absolute Gasteiger partial charge is 0.305 e. The van der Waals surface area contributed by atoms with Crippen molar-refractivity contribution in [2.24, 2.45) is 5.92 Å². The van der Waals surface area contributed by atoms with Crippen LogP contribution in [0.1, 0.15) is 31.4 Å². The molecular weight excluding hydrogens is 254 g/mol. The van der Waals surface area contributed by atoms with E-state index in [1.165, 1.54) is 0 Å². The van der Waals surface area contributed by atoms with E-state index in [2.05, 4.69) is 11.8 Å². The summed E-state index contributed by atoms with van der Waals surface area (Å²) in [5.74, 6) is -0.232. The Hall–Kier alpha value is -1.39. The first-order chi connectivity index (χ1) is 9.61. The van der Waals surface area contributed by atoms with Gasteiger partial charge in [-0.15, -0.1) is 0 Å². The Bertz CT molecular complexity index is 435. The molecule has 20 heavy (non-hydrogen) atoms. The van der Waals surface area contributed by atoms with Crippen LogP contribution in [-0.4, -0.2) is 42.3 Å². The zero-order valence-corrected chi connectivity index (χ0v) is 12.2. The van der Waals surface area contributed by atoms with Crippen molar-refractivity contribution in [3.05, 3.63) is 35.9 Å². The Morgan fingerprint density at radius 2 is 2.15 bits per heavy atom. The van der Waals surface area contributed by atoms with Gasteiger partial charge < -0.3 is 9.84 Å². The summed E-state index contributed by atoms with van der Waals surface area (Å²) < 4.78 is 5.54. The molecule has 3 atom stereocenters. The van der Waals surface area contributed by atoms with Crippen LogP contribution in [-0.2, 0) is 9.53 Å². The molecule has 0 radical (unpaired) electrons. The molecule has 3 unspecified atom stereocenters. The molecule has 0 aliphatic carbocycles. The standard InChI is InChI=1S/C16H23NO3/c1-12-8-9-17(11-15(12)20-2)14(10-16(18)19)13-6-4-3-5-7-13/h3-7,12,14-15H,8-11H2,1-2H3,(H,18,19). The van der Waals surface area contributed by atoms with Gasteiger partial charge in [0.05, 0.1) is 12.5 Å². The number of rotatable bonds is 5. The second-order valence-corrected chi connectivity index (χ2v) is 5.56. The highest BCUT2D eigenvalue weighted by Gasteiger charge is 2.31. The number of hydrogen-bond acceptors (Lipinski definition) is 3. The van der Waals surface area contributed by atoms with E-state index >= 15 is 0 Å². The first kappa shape index (κ1) is 15.0. The van der Waals surface area contributed by atoms with Crippen LogP contribution >= 0.6 is 0 Å². The van der Waals surface area contributed by atoms with Crippen molar-refractivity contribution in [2.45, 2.75) is 31.9 Å². The van der Waals surface area contributed by atoms with Crippen LogP contribution in [0.5, 0.6) is 0 Å². The molecule has 4 nitrogen and oxygen atoms in total. The van der Waals surface area contributed by atoms with Crippen LogP contribution in [0.2, 0.25) is 0 Å². The van der Waals surface area contributed by atoms with Crippen LogP contribution in [0, 0.1) is 5.92 Å². The normalized spacial score (nSPS) is 25.3. The average molecular weight is 277 g/mol. The molecule has 0 spiro atoms. The summed E-state index contributed by atoms with van der Waals surface area (Å²) in [6.07, 6.45) is 1.36. The molecule has 0 bridgehead atoms. The molecule has 1 saturated heterocycles. The van der Waals surface area contributed by atoms with Crippen molar-refractivity contribution < 1.29 is 14.6 Å². The van der Waals surface area contributed by atoms with Crippen LogP contribution in [0.4, 0.5) is 0 Å². The van der Waals surface area contributed by atoms with E-state index in [4.69, 9.17) is 4.74 Å². The third kappa shape index (κ3) is 3.58. The van der Waals surface area contributed by atoms with E-state index in [9.17, 15) is 9.90 Å². The largest absolute Gasteiger partial charge is 0.481 e. The molecule has 1 N–H and O–H groups in total. The number of benzene rings is 1. The molecular formula is C16H23NO3. The number of carbonyl (C=O) groups is 1. The minimum atomic E-state index is -0.758. The summed E-state index contributed by atoms with van der Waals surface area (Å²) in [7, 11) is 1.74. The first-order valence-corrected chi connectivity index (χ1v) is 7.15. The monoisotopic (exact) mass is 277 g/mol. The highest BCUT2D eigenvalue weighted by atomic mass is 16.5. The van der Waals surface area contributed by atoms with Gasteiger partial charge >= 0.3 is 5.97 Å². The third-order valence-corrected chi connectivity index (χ3v) is 4.22. The molecule has 0 aromatic heterocycles. The Balaban J connectivity index is 2.17. The molecule has 1 aliphatic heterocycles. The molecule has 1 aliphatic rings. The van der Waals surface area contributed by atoms with E-state index in [1.54, 1.807) is 7.11 Å². The summed E-state index contributed by atoms with van der Waals surface area (Å²) in [6, 6.07) is 9.83. The average Bonchev–Trinajstić information content (AvgIpc) is 2.46. The highest BCUT2D eigenvalue weighted by molar-refractivity contribution is 5.68. The number of methoxy groups -OCH3 is 1. The number of hydrogen-bond donors (Lipinski definition) is 1. The second kappa shape index (κ2) is 6.86. The zero-order valence-electron chi connectivity index (χ0n) is 12.2. The zero-order chi connectivity index (χ0) is 14.5. The van der Waals surface area contributed by atoms with E-state index in [0.29, 0.717) is 5.92 Å². The van der Waals surface area contributed by atoms with Gasteiger partial charge in [0.2, 0.25) is 0 Å². The van der Waals surface area contributed by atoms with Crippen molar-refractivity contribution >= 4 is 5.97 Å². The molecule has 4 heteroatoms. The predicted molar refractivity (Wildman–Crippen MR) is 77.6 cm³/mol. The van der Waals surface area contributed by atoms with Crippen LogP contribution < -0.4 is 0 Å². The number of likely N-dealkylation sites (tertiary alicyclic amines) is 1. The summed E-state index contributed by atoms with van der Waals surface area (Å²) in [4.78, 5) is 13.4.